The second-order valence-electron chi connectivity index (χ2n) is 7.99. The Morgan fingerprint density at radius 3 is 2.84 bits per heavy atom. The molecule has 0 atom stereocenters. The number of fused-ring (bicyclic) bond motifs is 2. The van der Waals surface area contributed by atoms with Crippen molar-refractivity contribution in [1.82, 2.24) is 24.1 Å². The van der Waals surface area contributed by atoms with Crippen LogP contribution in [0, 0.1) is 6.92 Å². The largest absolute Gasteiger partial charge is 0.417 e. The number of alkyl halides is 3. The van der Waals surface area contributed by atoms with Crippen molar-refractivity contribution in [2.75, 3.05) is 18.1 Å². The van der Waals surface area contributed by atoms with Crippen LogP contribution in [0.25, 0.3) is 5.78 Å². The molecular formula is C20H21F3N6O2. The topological polar surface area (TPSA) is 77.5 Å². The van der Waals surface area contributed by atoms with E-state index < -0.39 is 11.7 Å². The molecule has 31 heavy (non-hydrogen) atoms. The van der Waals surface area contributed by atoms with Gasteiger partial charge in [0.05, 0.1) is 24.8 Å². The first-order valence-corrected chi connectivity index (χ1v) is 10.2. The number of nitrogens with zero attached hydrogens (tertiary/aromatic N) is 6. The molecule has 11 heteroatoms. The summed E-state index contributed by atoms with van der Waals surface area (Å²) >= 11 is 0. The van der Waals surface area contributed by atoms with Gasteiger partial charge in [0.1, 0.15) is 5.82 Å². The van der Waals surface area contributed by atoms with Crippen LogP contribution in [-0.4, -0.2) is 43.4 Å². The van der Waals surface area contributed by atoms with Crippen molar-refractivity contribution in [3.05, 3.63) is 51.3 Å². The number of rotatable bonds is 5. The van der Waals surface area contributed by atoms with Crippen molar-refractivity contribution in [3.8, 4) is 0 Å². The first-order chi connectivity index (χ1) is 14.8. The van der Waals surface area contributed by atoms with E-state index in [1.165, 1.54) is 9.08 Å². The monoisotopic (exact) mass is 434 g/mol. The van der Waals surface area contributed by atoms with Gasteiger partial charge in [0.15, 0.2) is 0 Å². The van der Waals surface area contributed by atoms with Gasteiger partial charge in [0.2, 0.25) is 0 Å². The normalized spacial score (nSPS) is 16.7. The van der Waals surface area contributed by atoms with Crippen molar-refractivity contribution < 1.29 is 17.9 Å². The van der Waals surface area contributed by atoms with Gasteiger partial charge in [-0.1, -0.05) is 0 Å². The van der Waals surface area contributed by atoms with Crippen LogP contribution in [0.1, 0.15) is 35.2 Å². The fraction of sp³-hybridized carbons (Fsp3) is 0.500. The molecule has 0 aromatic carbocycles. The van der Waals surface area contributed by atoms with Crippen molar-refractivity contribution >= 4 is 11.6 Å². The lowest BCUT2D eigenvalue weighted by Gasteiger charge is -2.30. The molecule has 3 aromatic rings. The van der Waals surface area contributed by atoms with Gasteiger partial charge in [-0.15, -0.1) is 5.10 Å². The van der Waals surface area contributed by atoms with Crippen LogP contribution < -0.4 is 10.6 Å². The summed E-state index contributed by atoms with van der Waals surface area (Å²) in [5.74, 6) is 0.854. The van der Waals surface area contributed by atoms with Gasteiger partial charge in [0.25, 0.3) is 5.78 Å². The molecular weight excluding hydrogens is 413 g/mol. The molecule has 0 saturated heterocycles. The zero-order chi connectivity index (χ0) is 21.8. The first kappa shape index (κ1) is 20.0. The minimum atomic E-state index is -4.44. The lowest BCUT2D eigenvalue weighted by Crippen LogP contribution is -2.33. The van der Waals surface area contributed by atoms with Crippen LogP contribution >= 0.6 is 0 Å². The standard InChI is InChI=1S/C20H21F3N6O2/c1-12-10-28-18(26-29(19(28)30)6-7-31-15-2-3-15)25-17(12)27-5-4-16-13(11-27)8-14(9-24-16)20(21,22)23/h8-10,15H,2-7,11H2,1H3. The molecule has 0 unspecified atom stereocenters. The molecule has 3 aromatic heterocycles. The summed E-state index contributed by atoms with van der Waals surface area (Å²) in [6.45, 7) is 3.40. The fourth-order valence-corrected chi connectivity index (χ4v) is 3.80. The average Bonchev–Trinajstić information content (AvgIpc) is 3.51. The molecule has 1 aliphatic heterocycles. The molecule has 1 saturated carbocycles. The molecule has 1 fully saturated rings. The molecule has 0 radical (unpaired) electrons. The molecule has 2 aliphatic rings. The Morgan fingerprint density at radius 2 is 2.10 bits per heavy atom. The summed E-state index contributed by atoms with van der Waals surface area (Å²) in [5.41, 5.74) is 0.889. The van der Waals surface area contributed by atoms with Crippen molar-refractivity contribution in [2.45, 2.75) is 51.6 Å². The lowest BCUT2D eigenvalue weighted by atomic mass is 10.0. The Hall–Kier alpha value is -2.95. The zero-order valence-corrected chi connectivity index (χ0v) is 16.9. The number of aryl methyl sites for hydroxylation is 1. The minimum Gasteiger partial charge on any atom is -0.376 e. The van der Waals surface area contributed by atoms with Gasteiger partial charge in [-0.05, 0) is 31.4 Å². The van der Waals surface area contributed by atoms with E-state index in [9.17, 15) is 18.0 Å². The van der Waals surface area contributed by atoms with Crippen LogP contribution in [0.2, 0.25) is 0 Å². The maximum Gasteiger partial charge on any atom is 0.417 e. The number of pyridine rings is 1. The molecule has 5 rings (SSSR count). The predicted molar refractivity (Wildman–Crippen MR) is 105 cm³/mol. The molecule has 8 nitrogen and oxygen atoms in total. The van der Waals surface area contributed by atoms with Gasteiger partial charge in [-0.25, -0.2) is 13.9 Å². The molecule has 0 N–H and O–H groups in total. The summed E-state index contributed by atoms with van der Waals surface area (Å²) in [6, 6.07) is 1.15. The smallest absolute Gasteiger partial charge is 0.376 e. The van der Waals surface area contributed by atoms with E-state index in [0.717, 1.165) is 30.7 Å². The molecule has 0 spiro atoms. The number of anilines is 1. The summed E-state index contributed by atoms with van der Waals surface area (Å²) in [7, 11) is 0. The van der Waals surface area contributed by atoms with Gasteiger partial charge >= 0.3 is 11.9 Å². The highest BCUT2D eigenvalue weighted by molar-refractivity contribution is 5.52. The van der Waals surface area contributed by atoms with Gasteiger partial charge in [-0.2, -0.15) is 18.2 Å². The van der Waals surface area contributed by atoms with E-state index in [2.05, 4.69) is 15.1 Å². The average molecular weight is 434 g/mol. The lowest BCUT2D eigenvalue weighted by molar-refractivity contribution is -0.137. The molecule has 4 heterocycles. The summed E-state index contributed by atoms with van der Waals surface area (Å²) in [6.07, 6.45) is 1.05. The highest BCUT2D eigenvalue weighted by Crippen LogP contribution is 2.32. The van der Waals surface area contributed by atoms with Crippen molar-refractivity contribution in [2.24, 2.45) is 0 Å². The first-order valence-electron chi connectivity index (χ1n) is 10.2. The zero-order valence-electron chi connectivity index (χ0n) is 16.9. The van der Waals surface area contributed by atoms with Crippen LogP contribution in [-0.2, 0) is 30.4 Å². The highest BCUT2D eigenvalue weighted by Gasteiger charge is 2.33. The SMILES string of the molecule is Cc1cn2c(=O)n(CCOC3CC3)nc2nc1N1CCc2ncc(C(F)(F)F)cc2C1. The molecule has 164 valence electrons. The Morgan fingerprint density at radius 1 is 1.29 bits per heavy atom. The van der Waals surface area contributed by atoms with Crippen LogP contribution in [0.4, 0.5) is 19.0 Å². The van der Waals surface area contributed by atoms with Gasteiger partial charge in [-0.3, -0.25) is 4.98 Å². The van der Waals surface area contributed by atoms with E-state index in [4.69, 9.17) is 4.74 Å². The summed E-state index contributed by atoms with van der Waals surface area (Å²) in [4.78, 5) is 23.1. The van der Waals surface area contributed by atoms with Crippen molar-refractivity contribution in [1.29, 1.82) is 0 Å². The fourth-order valence-electron chi connectivity index (χ4n) is 3.80. The van der Waals surface area contributed by atoms with E-state index in [1.54, 1.807) is 6.20 Å². The summed E-state index contributed by atoms with van der Waals surface area (Å²) < 4.78 is 47.5. The Kier molecular flexibility index (Phi) is 4.72. The molecule has 1 aliphatic carbocycles. The minimum absolute atomic E-state index is 0.255. The molecule has 0 amide bonds. The van der Waals surface area contributed by atoms with Crippen LogP contribution in [0.15, 0.2) is 23.3 Å². The highest BCUT2D eigenvalue weighted by atomic mass is 19.4. The third-order valence-corrected chi connectivity index (χ3v) is 5.58. The number of ether oxygens (including phenoxy) is 1. The van der Waals surface area contributed by atoms with Crippen molar-refractivity contribution in [3.63, 3.8) is 0 Å². The second-order valence-corrected chi connectivity index (χ2v) is 7.99. The van der Waals surface area contributed by atoms with E-state index in [-0.39, 0.29) is 18.0 Å². The Balaban J connectivity index is 1.42. The second kappa shape index (κ2) is 7.33. The number of hydrogen-bond donors (Lipinski definition) is 0. The van der Waals surface area contributed by atoms with Gasteiger partial charge < -0.3 is 9.64 Å². The number of halogens is 3. The quantitative estimate of drug-likeness (QED) is 0.614. The van der Waals surface area contributed by atoms with E-state index in [0.29, 0.717) is 49.3 Å². The summed E-state index contributed by atoms with van der Waals surface area (Å²) in [5, 5.41) is 4.31. The third-order valence-electron chi connectivity index (χ3n) is 5.58. The maximum absolute atomic E-state index is 13.1. The van der Waals surface area contributed by atoms with Crippen LogP contribution in [0.3, 0.4) is 0 Å². The van der Waals surface area contributed by atoms with Gasteiger partial charge in [0, 0.05) is 43.2 Å². The van der Waals surface area contributed by atoms with Crippen LogP contribution in [0.5, 0.6) is 0 Å². The number of hydrogen-bond acceptors (Lipinski definition) is 6. The van der Waals surface area contributed by atoms with E-state index in [1.807, 2.05) is 11.8 Å². The number of aromatic nitrogens is 5. The Labute approximate surface area is 175 Å². The maximum atomic E-state index is 13.1. The third kappa shape index (κ3) is 3.89. The molecule has 0 bridgehead atoms. The Bertz CT molecular complexity index is 1200. The predicted octanol–water partition coefficient (Wildman–Crippen LogP) is 2.35. The van der Waals surface area contributed by atoms with E-state index >= 15 is 0 Å².